The first-order chi connectivity index (χ1) is 10.2. The third-order valence-electron chi connectivity index (χ3n) is 4.78. The highest BCUT2D eigenvalue weighted by Crippen LogP contribution is 2.40. The van der Waals surface area contributed by atoms with Crippen LogP contribution in [0, 0.1) is 6.92 Å². The lowest BCUT2D eigenvalue weighted by atomic mass is 9.69. The van der Waals surface area contributed by atoms with Gasteiger partial charge in [0.15, 0.2) is 0 Å². The van der Waals surface area contributed by atoms with Gasteiger partial charge in [0.2, 0.25) is 0 Å². The molecule has 0 aliphatic heterocycles. The highest BCUT2D eigenvalue weighted by Gasteiger charge is 2.23. The summed E-state index contributed by atoms with van der Waals surface area (Å²) >= 11 is 0. The standard InChI is InChI=1S/C19H18BN/c1-11-6-7-13-12-4-2-3-5-14(12)18-15(16(13)10-11)8-9-17(21)19(18)20/h2-10,17,19H,20-21H2,1H3. The molecule has 0 fully saturated rings. The summed E-state index contributed by atoms with van der Waals surface area (Å²) < 4.78 is 0. The molecule has 102 valence electrons. The van der Waals surface area contributed by atoms with E-state index in [1.165, 1.54) is 38.2 Å². The lowest BCUT2D eigenvalue weighted by molar-refractivity contribution is 0.778. The molecule has 1 aliphatic carbocycles. The maximum Gasteiger partial charge on any atom is 0.113 e. The van der Waals surface area contributed by atoms with E-state index in [1.54, 1.807) is 0 Å². The maximum atomic E-state index is 6.27. The Morgan fingerprint density at radius 3 is 2.48 bits per heavy atom. The molecular formula is C19H18BN. The summed E-state index contributed by atoms with van der Waals surface area (Å²) in [6, 6.07) is 15.6. The van der Waals surface area contributed by atoms with E-state index in [-0.39, 0.29) is 6.04 Å². The van der Waals surface area contributed by atoms with Crippen LogP contribution < -0.4 is 5.73 Å². The fourth-order valence-corrected chi connectivity index (χ4v) is 3.60. The summed E-state index contributed by atoms with van der Waals surface area (Å²) in [5.74, 6) is 0.347. The van der Waals surface area contributed by atoms with Crippen molar-refractivity contribution in [3.8, 4) is 0 Å². The largest absolute Gasteiger partial charge is 0.325 e. The van der Waals surface area contributed by atoms with Crippen LogP contribution in [0.4, 0.5) is 0 Å². The zero-order valence-corrected chi connectivity index (χ0v) is 12.4. The molecule has 2 N–H and O–H groups in total. The van der Waals surface area contributed by atoms with Gasteiger partial charge >= 0.3 is 0 Å². The quantitative estimate of drug-likeness (QED) is 0.492. The number of hydrogen-bond acceptors (Lipinski definition) is 1. The molecule has 1 nitrogen and oxygen atoms in total. The van der Waals surface area contributed by atoms with Crippen LogP contribution in [0.5, 0.6) is 0 Å². The van der Waals surface area contributed by atoms with Crippen LogP contribution in [0.3, 0.4) is 0 Å². The molecule has 1 aliphatic rings. The third-order valence-corrected chi connectivity index (χ3v) is 4.78. The Morgan fingerprint density at radius 2 is 1.67 bits per heavy atom. The van der Waals surface area contributed by atoms with Gasteiger partial charge in [-0.05, 0) is 45.4 Å². The van der Waals surface area contributed by atoms with E-state index < -0.39 is 0 Å². The third kappa shape index (κ3) is 1.76. The van der Waals surface area contributed by atoms with Crippen molar-refractivity contribution in [1.29, 1.82) is 0 Å². The summed E-state index contributed by atoms with van der Waals surface area (Å²) in [7, 11) is 2.24. The second-order valence-corrected chi connectivity index (χ2v) is 6.15. The molecule has 0 saturated heterocycles. The van der Waals surface area contributed by atoms with Crippen molar-refractivity contribution in [3.05, 3.63) is 65.2 Å². The van der Waals surface area contributed by atoms with Crippen LogP contribution in [0.1, 0.15) is 22.5 Å². The zero-order chi connectivity index (χ0) is 14.6. The maximum absolute atomic E-state index is 6.27. The van der Waals surface area contributed by atoms with E-state index in [9.17, 15) is 0 Å². The molecule has 0 radical (unpaired) electrons. The molecule has 21 heavy (non-hydrogen) atoms. The molecule has 0 spiro atoms. The van der Waals surface area contributed by atoms with E-state index in [0.717, 1.165) is 0 Å². The summed E-state index contributed by atoms with van der Waals surface area (Å²) in [6.07, 6.45) is 4.36. The highest BCUT2D eigenvalue weighted by atomic mass is 14.6. The lowest BCUT2D eigenvalue weighted by Gasteiger charge is -2.27. The van der Waals surface area contributed by atoms with E-state index in [1.807, 2.05) is 0 Å². The summed E-state index contributed by atoms with van der Waals surface area (Å²) in [5.41, 5.74) is 10.3. The fraction of sp³-hybridized carbons (Fsp3) is 0.158. The molecule has 0 saturated carbocycles. The minimum absolute atomic E-state index is 0.100. The fourth-order valence-electron chi connectivity index (χ4n) is 3.60. The van der Waals surface area contributed by atoms with Crippen LogP contribution in [0.15, 0.2) is 48.5 Å². The first-order valence-electron chi connectivity index (χ1n) is 7.55. The van der Waals surface area contributed by atoms with Gasteiger partial charge in [-0.1, -0.05) is 60.2 Å². The molecule has 2 unspecified atom stereocenters. The second-order valence-electron chi connectivity index (χ2n) is 6.15. The van der Waals surface area contributed by atoms with Gasteiger partial charge in [-0.15, -0.1) is 0 Å². The first kappa shape index (κ1) is 12.7. The SMILES string of the molecule is BC1c2c(c3cc(C)ccc3c3ccccc23)C=CC1N. The van der Waals surface area contributed by atoms with Gasteiger partial charge in [0, 0.05) is 6.04 Å². The number of rotatable bonds is 0. The summed E-state index contributed by atoms with van der Waals surface area (Å²) in [4.78, 5) is 0. The van der Waals surface area contributed by atoms with Gasteiger partial charge in [-0.25, -0.2) is 0 Å². The van der Waals surface area contributed by atoms with Crippen molar-refractivity contribution in [1.82, 2.24) is 0 Å². The van der Waals surface area contributed by atoms with Gasteiger partial charge in [0.05, 0.1) is 0 Å². The number of hydrogen-bond donors (Lipinski definition) is 1. The lowest BCUT2D eigenvalue weighted by Crippen LogP contribution is -2.29. The molecule has 0 bridgehead atoms. The molecule has 4 rings (SSSR count). The predicted octanol–water partition coefficient (Wildman–Crippen LogP) is 3.33. The average Bonchev–Trinajstić information content (AvgIpc) is 2.50. The molecule has 0 aromatic heterocycles. The van der Waals surface area contributed by atoms with Crippen molar-refractivity contribution >= 4 is 35.5 Å². The Kier molecular flexibility index (Phi) is 2.70. The molecule has 0 amide bonds. The van der Waals surface area contributed by atoms with E-state index >= 15 is 0 Å². The van der Waals surface area contributed by atoms with Crippen LogP contribution >= 0.6 is 0 Å². The number of nitrogens with two attached hydrogens (primary N) is 1. The predicted molar refractivity (Wildman–Crippen MR) is 94.5 cm³/mol. The van der Waals surface area contributed by atoms with Crippen LogP contribution in [-0.2, 0) is 0 Å². The topological polar surface area (TPSA) is 26.0 Å². The summed E-state index contributed by atoms with van der Waals surface area (Å²) in [6.45, 7) is 2.16. The Morgan fingerprint density at radius 1 is 0.952 bits per heavy atom. The van der Waals surface area contributed by atoms with Gasteiger partial charge in [0.1, 0.15) is 7.85 Å². The van der Waals surface area contributed by atoms with Crippen LogP contribution in [0.2, 0.25) is 0 Å². The normalized spacial score (nSPS) is 20.9. The zero-order valence-electron chi connectivity index (χ0n) is 12.4. The van der Waals surface area contributed by atoms with E-state index in [2.05, 4.69) is 69.4 Å². The molecule has 3 aromatic carbocycles. The van der Waals surface area contributed by atoms with E-state index in [4.69, 9.17) is 5.73 Å². The summed E-state index contributed by atoms with van der Waals surface area (Å²) in [5, 5.41) is 5.36. The minimum Gasteiger partial charge on any atom is -0.325 e. The second kappa shape index (κ2) is 4.47. The van der Waals surface area contributed by atoms with Crippen LogP contribution in [0.25, 0.3) is 27.6 Å². The molecule has 0 heterocycles. The smallest absolute Gasteiger partial charge is 0.113 e. The Bertz CT molecular complexity index is 895. The molecule has 2 heteroatoms. The average molecular weight is 271 g/mol. The van der Waals surface area contributed by atoms with E-state index in [0.29, 0.717) is 5.82 Å². The van der Waals surface area contributed by atoms with Gasteiger partial charge < -0.3 is 5.73 Å². The number of benzene rings is 3. The number of fused-ring (bicyclic) bond motifs is 6. The van der Waals surface area contributed by atoms with Crippen LogP contribution in [-0.4, -0.2) is 13.9 Å². The monoisotopic (exact) mass is 271 g/mol. The number of aryl methyl sites for hydroxylation is 1. The highest BCUT2D eigenvalue weighted by molar-refractivity contribution is 6.20. The van der Waals surface area contributed by atoms with Crippen molar-refractivity contribution < 1.29 is 0 Å². The molecule has 2 atom stereocenters. The van der Waals surface area contributed by atoms with Crippen molar-refractivity contribution in [2.24, 2.45) is 5.73 Å². The molecule has 3 aromatic rings. The Balaban J connectivity index is 2.28. The van der Waals surface area contributed by atoms with Gasteiger partial charge in [-0.2, -0.15) is 0 Å². The van der Waals surface area contributed by atoms with Crippen molar-refractivity contribution in [2.45, 2.75) is 18.8 Å². The molecular weight excluding hydrogens is 253 g/mol. The first-order valence-corrected chi connectivity index (χ1v) is 7.55. The van der Waals surface area contributed by atoms with Gasteiger partial charge in [0.25, 0.3) is 0 Å². The Hall–Kier alpha value is -2.06. The Labute approximate surface area is 125 Å². The van der Waals surface area contributed by atoms with Crippen molar-refractivity contribution in [3.63, 3.8) is 0 Å². The minimum atomic E-state index is 0.100. The van der Waals surface area contributed by atoms with Crippen molar-refractivity contribution in [2.75, 3.05) is 0 Å². The van der Waals surface area contributed by atoms with Gasteiger partial charge in [-0.3, -0.25) is 0 Å².